The van der Waals surface area contributed by atoms with Gasteiger partial charge < -0.3 is 4.90 Å². The molecule has 6 nitrogen and oxygen atoms in total. The Kier molecular flexibility index (Phi) is 2.85. The lowest BCUT2D eigenvalue weighted by molar-refractivity contribution is 0.102. The van der Waals surface area contributed by atoms with Crippen LogP contribution in [0, 0.1) is 0 Å². The fourth-order valence-electron chi connectivity index (χ4n) is 1.92. The van der Waals surface area contributed by atoms with E-state index in [4.69, 9.17) is 0 Å². The van der Waals surface area contributed by atoms with Gasteiger partial charge in [-0.25, -0.2) is 4.98 Å². The third-order valence-electron chi connectivity index (χ3n) is 2.89. The highest BCUT2D eigenvalue weighted by Crippen LogP contribution is 2.27. The Bertz CT molecular complexity index is 562. The molecule has 0 bridgehead atoms. The molecule has 18 heavy (non-hydrogen) atoms. The molecule has 1 aliphatic heterocycles. The second-order valence-corrected chi connectivity index (χ2v) is 5.38. The van der Waals surface area contributed by atoms with E-state index in [-0.39, 0.29) is 5.91 Å². The molecule has 0 spiro atoms. The summed E-state index contributed by atoms with van der Waals surface area (Å²) in [6, 6.07) is 1.64. The number of amides is 1. The Hall–Kier alpha value is -1.73. The molecule has 2 aromatic heterocycles. The largest absolute Gasteiger partial charge is 0.301 e. The maximum Gasteiger partial charge on any atom is 0.275 e. The lowest BCUT2D eigenvalue weighted by Gasteiger charge is -2.20. The van der Waals surface area contributed by atoms with Gasteiger partial charge in [0.25, 0.3) is 5.91 Å². The van der Waals surface area contributed by atoms with Gasteiger partial charge >= 0.3 is 0 Å². The average Bonchev–Trinajstić information content (AvgIpc) is 2.95. The molecule has 0 aromatic carbocycles. The molecule has 0 radical (unpaired) electrons. The van der Waals surface area contributed by atoms with E-state index in [0.29, 0.717) is 10.8 Å². The molecule has 0 atom stereocenters. The van der Waals surface area contributed by atoms with Crippen LogP contribution in [0.3, 0.4) is 0 Å². The first-order valence-corrected chi connectivity index (χ1v) is 6.52. The summed E-state index contributed by atoms with van der Waals surface area (Å²) in [6.45, 7) is 1.93. The van der Waals surface area contributed by atoms with Gasteiger partial charge in [0.15, 0.2) is 5.13 Å². The van der Waals surface area contributed by atoms with Crippen LogP contribution in [0.5, 0.6) is 0 Å². The number of rotatable bonds is 2. The van der Waals surface area contributed by atoms with Crippen molar-refractivity contribution in [3.05, 3.63) is 28.5 Å². The molecule has 1 amide bonds. The second-order valence-electron chi connectivity index (χ2n) is 4.30. The number of fused-ring (bicyclic) bond motifs is 1. The minimum Gasteiger partial charge on any atom is -0.301 e. The fraction of sp³-hybridized carbons (Fsp3) is 0.364. The molecule has 3 rings (SSSR count). The number of carbonyl (C=O) groups excluding carboxylic acids is 1. The molecule has 1 aliphatic rings. The predicted molar refractivity (Wildman–Crippen MR) is 68.7 cm³/mol. The molecule has 3 heterocycles. The molecule has 0 saturated carbocycles. The first-order chi connectivity index (χ1) is 8.72. The number of hydrogen-bond donors (Lipinski definition) is 2. The molecule has 2 N–H and O–H groups in total. The number of thiazole rings is 1. The average molecular weight is 263 g/mol. The van der Waals surface area contributed by atoms with Crippen LogP contribution >= 0.6 is 11.3 Å². The third kappa shape index (κ3) is 2.14. The molecular formula is C11H13N5OS. The van der Waals surface area contributed by atoms with Gasteiger partial charge in [0.1, 0.15) is 5.69 Å². The Morgan fingerprint density at radius 2 is 2.50 bits per heavy atom. The van der Waals surface area contributed by atoms with Gasteiger partial charge in [0, 0.05) is 30.6 Å². The molecular weight excluding hydrogens is 250 g/mol. The summed E-state index contributed by atoms with van der Waals surface area (Å²) in [4.78, 5) is 19.8. The standard InChI is InChI=1S/C11H13N5OS/c1-16-5-3-7-9(6-16)18-11(13-7)14-10(17)8-2-4-12-15-8/h2,4H,3,5-6H2,1H3,(H,12,15)(H,13,14,17). The van der Waals surface area contributed by atoms with Crippen molar-refractivity contribution in [2.45, 2.75) is 13.0 Å². The van der Waals surface area contributed by atoms with Crippen LogP contribution in [0.1, 0.15) is 21.1 Å². The van der Waals surface area contributed by atoms with Crippen molar-refractivity contribution in [3.8, 4) is 0 Å². The van der Waals surface area contributed by atoms with Crippen molar-refractivity contribution >= 4 is 22.4 Å². The van der Waals surface area contributed by atoms with Crippen molar-refractivity contribution in [2.24, 2.45) is 0 Å². The van der Waals surface area contributed by atoms with Crippen molar-refractivity contribution in [1.82, 2.24) is 20.1 Å². The number of aromatic amines is 1. The van der Waals surface area contributed by atoms with E-state index < -0.39 is 0 Å². The lowest BCUT2D eigenvalue weighted by Crippen LogP contribution is -2.25. The van der Waals surface area contributed by atoms with Crippen LogP contribution in [0.15, 0.2) is 12.3 Å². The number of aromatic nitrogens is 3. The summed E-state index contributed by atoms with van der Waals surface area (Å²) in [5, 5.41) is 9.84. The van der Waals surface area contributed by atoms with Gasteiger partial charge in [-0.1, -0.05) is 0 Å². The van der Waals surface area contributed by atoms with Gasteiger partial charge in [0.05, 0.1) is 5.69 Å². The zero-order valence-corrected chi connectivity index (χ0v) is 10.8. The van der Waals surface area contributed by atoms with Gasteiger partial charge in [-0.15, -0.1) is 11.3 Å². The van der Waals surface area contributed by atoms with E-state index in [1.54, 1.807) is 23.6 Å². The van der Waals surface area contributed by atoms with Gasteiger partial charge in [-0.05, 0) is 13.1 Å². The zero-order chi connectivity index (χ0) is 12.5. The van der Waals surface area contributed by atoms with E-state index in [9.17, 15) is 4.79 Å². The zero-order valence-electron chi connectivity index (χ0n) is 9.93. The number of H-pyrrole nitrogens is 1. The van der Waals surface area contributed by atoms with Crippen molar-refractivity contribution in [3.63, 3.8) is 0 Å². The van der Waals surface area contributed by atoms with Crippen LogP contribution in [0.4, 0.5) is 5.13 Å². The molecule has 2 aromatic rings. The van der Waals surface area contributed by atoms with E-state index in [1.807, 2.05) is 0 Å². The Morgan fingerprint density at radius 3 is 3.28 bits per heavy atom. The molecule has 0 fully saturated rings. The Balaban J connectivity index is 1.76. The highest BCUT2D eigenvalue weighted by molar-refractivity contribution is 7.15. The van der Waals surface area contributed by atoms with Gasteiger partial charge in [0.2, 0.25) is 0 Å². The van der Waals surface area contributed by atoms with Crippen LogP contribution in [0.2, 0.25) is 0 Å². The van der Waals surface area contributed by atoms with Crippen LogP contribution < -0.4 is 5.32 Å². The summed E-state index contributed by atoms with van der Waals surface area (Å²) in [6.07, 6.45) is 2.50. The molecule has 0 unspecified atom stereocenters. The van der Waals surface area contributed by atoms with Gasteiger partial charge in [-0.2, -0.15) is 5.10 Å². The Morgan fingerprint density at radius 1 is 1.61 bits per heavy atom. The number of carbonyl (C=O) groups is 1. The third-order valence-corrected chi connectivity index (χ3v) is 3.89. The Labute approximate surface area is 108 Å². The van der Waals surface area contributed by atoms with Crippen LogP contribution in [-0.4, -0.2) is 39.6 Å². The summed E-state index contributed by atoms with van der Waals surface area (Å²) in [7, 11) is 2.09. The van der Waals surface area contributed by atoms with E-state index in [2.05, 4.69) is 32.4 Å². The van der Waals surface area contributed by atoms with Crippen molar-refractivity contribution < 1.29 is 4.79 Å². The quantitative estimate of drug-likeness (QED) is 0.851. The second kappa shape index (κ2) is 4.51. The smallest absolute Gasteiger partial charge is 0.275 e. The van der Waals surface area contributed by atoms with Crippen LogP contribution in [0.25, 0.3) is 0 Å². The predicted octanol–water partition coefficient (Wildman–Crippen LogP) is 1.11. The number of nitrogens with zero attached hydrogens (tertiary/aromatic N) is 3. The van der Waals surface area contributed by atoms with E-state index in [1.165, 1.54) is 4.88 Å². The molecule has 94 valence electrons. The van der Waals surface area contributed by atoms with E-state index >= 15 is 0 Å². The molecule has 7 heteroatoms. The maximum absolute atomic E-state index is 11.8. The topological polar surface area (TPSA) is 73.9 Å². The number of anilines is 1. The minimum absolute atomic E-state index is 0.202. The summed E-state index contributed by atoms with van der Waals surface area (Å²) >= 11 is 1.55. The first-order valence-electron chi connectivity index (χ1n) is 5.70. The summed E-state index contributed by atoms with van der Waals surface area (Å²) < 4.78 is 0. The lowest BCUT2D eigenvalue weighted by atomic mass is 10.2. The van der Waals surface area contributed by atoms with Crippen molar-refractivity contribution in [2.75, 3.05) is 18.9 Å². The highest BCUT2D eigenvalue weighted by atomic mass is 32.1. The summed E-state index contributed by atoms with van der Waals surface area (Å²) in [5.74, 6) is -0.202. The van der Waals surface area contributed by atoms with Crippen molar-refractivity contribution in [1.29, 1.82) is 0 Å². The summed E-state index contributed by atoms with van der Waals surface area (Å²) in [5.41, 5.74) is 1.55. The van der Waals surface area contributed by atoms with E-state index in [0.717, 1.165) is 25.2 Å². The van der Waals surface area contributed by atoms with Crippen LogP contribution in [-0.2, 0) is 13.0 Å². The van der Waals surface area contributed by atoms with Gasteiger partial charge in [-0.3, -0.25) is 15.2 Å². The SMILES string of the molecule is CN1CCc2nc(NC(=O)c3ccn[nH]3)sc2C1. The normalized spacial score (nSPS) is 15.4. The number of hydrogen-bond acceptors (Lipinski definition) is 5. The maximum atomic E-state index is 11.8. The monoisotopic (exact) mass is 263 g/mol. The fourth-order valence-corrected chi connectivity index (χ4v) is 3.01. The highest BCUT2D eigenvalue weighted by Gasteiger charge is 2.19. The molecule has 0 saturated heterocycles. The minimum atomic E-state index is -0.202. The molecule has 0 aliphatic carbocycles. The number of likely N-dealkylation sites (N-methyl/N-ethyl adjacent to an activating group) is 1. The number of nitrogens with one attached hydrogen (secondary N) is 2. The first kappa shape index (κ1) is 11.4.